The van der Waals surface area contributed by atoms with Crippen molar-refractivity contribution in [1.82, 2.24) is 4.98 Å². The summed E-state index contributed by atoms with van der Waals surface area (Å²) in [5.41, 5.74) is -2.23. The summed E-state index contributed by atoms with van der Waals surface area (Å²) in [5.74, 6) is -1.56. The zero-order chi connectivity index (χ0) is 30.3. The second kappa shape index (κ2) is 9.89. The molecule has 7 rings (SSSR count). The summed E-state index contributed by atoms with van der Waals surface area (Å²) in [5, 5.41) is 23.9. The smallest absolute Gasteiger partial charge is 0.309 e. The maximum atomic E-state index is 14.3. The number of fused-ring (bicyclic) bond motifs is 3. The van der Waals surface area contributed by atoms with Gasteiger partial charge in [0.25, 0.3) is 0 Å². The quantitative estimate of drug-likeness (QED) is 0.473. The largest absolute Gasteiger partial charge is 0.488 e. The number of esters is 2. The van der Waals surface area contributed by atoms with Gasteiger partial charge in [-0.1, -0.05) is 13.8 Å². The normalized spacial score (nSPS) is 40.2. The Morgan fingerprint density at radius 3 is 2.49 bits per heavy atom. The predicted molar refractivity (Wildman–Crippen MR) is 150 cm³/mol. The number of aromatic nitrogens is 1. The molecule has 0 bridgehead atoms. The van der Waals surface area contributed by atoms with Crippen LogP contribution >= 0.6 is 0 Å². The van der Waals surface area contributed by atoms with E-state index in [1.54, 1.807) is 31.5 Å². The fourth-order valence-electron chi connectivity index (χ4n) is 8.17. The van der Waals surface area contributed by atoms with Gasteiger partial charge in [0.15, 0.2) is 0 Å². The van der Waals surface area contributed by atoms with Gasteiger partial charge in [-0.05, 0) is 57.1 Å². The van der Waals surface area contributed by atoms with Gasteiger partial charge in [0.1, 0.15) is 42.2 Å². The van der Waals surface area contributed by atoms with Crippen LogP contribution in [0.3, 0.4) is 0 Å². The number of carbonyl (C=O) groups is 3. The van der Waals surface area contributed by atoms with Crippen molar-refractivity contribution >= 4 is 23.5 Å². The number of aliphatic hydroxyl groups excluding tert-OH is 2. The highest BCUT2D eigenvalue weighted by Gasteiger charge is 2.72. The van der Waals surface area contributed by atoms with Crippen LogP contribution in [0.5, 0.6) is 0 Å². The highest BCUT2D eigenvalue weighted by Crippen LogP contribution is 2.65. The van der Waals surface area contributed by atoms with Crippen LogP contribution in [0.2, 0.25) is 0 Å². The highest BCUT2D eigenvalue weighted by molar-refractivity contribution is 5.88. The SMILES string of the molecule is C[C@]1(COC(=O)C2CC2)[C@@H](OC(=O)C2CC2)CC(=O)[C@@]2(C)[C@H]1C[C@H](O)[C@@]1(C)OC3=C(COC(c4cccnc4)=C3)[C@@H](O)[C@@H]12. The maximum Gasteiger partial charge on any atom is 0.309 e. The molecule has 2 N–H and O–H groups in total. The summed E-state index contributed by atoms with van der Waals surface area (Å²) >= 11 is 0. The molecule has 4 saturated carbocycles. The van der Waals surface area contributed by atoms with Crippen molar-refractivity contribution in [3.05, 3.63) is 47.5 Å². The average molecular weight is 594 g/mol. The Labute approximate surface area is 250 Å². The van der Waals surface area contributed by atoms with Crippen LogP contribution in [-0.2, 0) is 33.3 Å². The highest BCUT2D eigenvalue weighted by atomic mass is 16.6. The molecule has 4 aliphatic carbocycles. The molecule has 0 aromatic carbocycles. The zero-order valence-electron chi connectivity index (χ0n) is 24.8. The predicted octanol–water partition coefficient (Wildman–Crippen LogP) is 3.11. The van der Waals surface area contributed by atoms with Crippen LogP contribution in [0.4, 0.5) is 0 Å². The summed E-state index contributed by atoms with van der Waals surface area (Å²) in [4.78, 5) is 44.0. The summed E-state index contributed by atoms with van der Waals surface area (Å²) in [6, 6.07) is 3.66. The lowest BCUT2D eigenvalue weighted by Gasteiger charge is -2.65. The molecule has 1 aromatic heterocycles. The Hall–Kier alpha value is -3.24. The van der Waals surface area contributed by atoms with Crippen molar-refractivity contribution < 1.29 is 43.5 Å². The summed E-state index contributed by atoms with van der Waals surface area (Å²) in [7, 11) is 0. The molecule has 2 aliphatic heterocycles. The van der Waals surface area contributed by atoms with Gasteiger partial charge in [-0.2, -0.15) is 0 Å². The molecule has 1 aromatic rings. The van der Waals surface area contributed by atoms with E-state index in [1.807, 2.05) is 19.9 Å². The van der Waals surface area contributed by atoms with E-state index in [1.165, 1.54) is 0 Å². The number of nitrogens with zero attached hydrogens (tertiary/aromatic N) is 1. The minimum atomic E-state index is -1.31. The van der Waals surface area contributed by atoms with Gasteiger partial charge in [0.2, 0.25) is 0 Å². The molecule has 4 fully saturated rings. The fourth-order valence-corrected chi connectivity index (χ4v) is 8.17. The number of ether oxygens (including phenoxy) is 4. The van der Waals surface area contributed by atoms with E-state index in [2.05, 4.69) is 4.98 Å². The third kappa shape index (κ3) is 4.43. The monoisotopic (exact) mass is 593 g/mol. The summed E-state index contributed by atoms with van der Waals surface area (Å²) < 4.78 is 24.4. The zero-order valence-corrected chi connectivity index (χ0v) is 24.8. The number of rotatable bonds is 6. The number of carbonyl (C=O) groups excluding carboxylic acids is 3. The minimum Gasteiger partial charge on any atom is -0.488 e. The second-order valence-corrected chi connectivity index (χ2v) is 13.9. The number of ketones is 1. The van der Waals surface area contributed by atoms with Crippen LogP contribution in [-0.4, -0.2) is 70.0 Å². The molecule has 43 heavy (non-hydrogen) atoms. The van der Waals surface area contributed by atoms with E-state index in [-0.39, 0.29) is 55.6 Å². The molecule has 10 nitrogen and oxygen atoms in total. The third-order valence-electron chi connectivity index (χ3n) is 11.1. The molecule has 0 amide bonds. The molecule has 0 radical (unpaired) electrons. The van der Waals surface area contributed by atoms with Crippen LogP contribution in [0.25, 0.3) is 5.76 Å². The van der Waals surface area contributed by atoms with Crippen molar-refractivity contribution in [3.63, 3.8) is 0 Å². The first-order valence-corrected chi connectivity index (χ1v) is 15.4. The van der Waals surface area contributed by atoms with Gasteiger partial charge in [-0.15, -0.1) is 0 Å². The van der Waals surface area contributed by atoms with Gasteiger partial charge in [0.05, 0.1) is 24.0 Å². The van der Waals surface area contributed by atoms with E-state index in [9.17, 15) is 24.6 Å². The van der Waals surface area contributed by atoms with E-state index >= 15 is 0 Å². The molecule has 230 valence electrons. The molecule has 0 unspecified atom stereocenters. The Balaban J connectivity index is 1.27. The molecule has 3 heterocycles. The molecule has 0 saturated heterocycles. The lowest BCUT2D eigenvalue weighted by atomic mass is 9.42. The Bertz CT molecular complexity index is 1410. The molecule has 8 atom stereocenters. The van der Waals surface area contributed by atoms with Crippen molar-refractivity contribution in [2.45, 2.75) is 83.2 Å². The lowest BCUT2D eigenvalue weighted by molar-refractivity contribution is -0.263. The van der Waals surface area contributed by atoms with Crippen molar-refractivity contribution in [2.75, 3.05) is 13.2 Å². The van der Waals surface area contributed by atoms with Crippen LogP contribution < -0.4 is 0 Å². The number of aliphatic hydroxyl groups is 2. The number of pyridine rings is 1. The fraction of sp³-hybridized carbons (Fsp3) is 0.636. The van der Waals surface area contributed by atoms with Crippen molar-refractivity contribution in [3.8, 4) is 0 Å². The molecular formula is C33H39NO9. The van der Waals surface area contributed by atoms with E-state index in [4.69, 9.17) is 18.9 Å². The topological polar surface area (TPSA) is 141 Å². The second-order valence-electron chi connectivity index (χ2n) is 13.9. The Morgan fingerprint density at radius 1 is 1.09 bits per heavy atom. The van der Waals surface area contributed by atoms with Crippen LogP contribution in [0.1, 0.15) is 64.9 Å². The van der Waals surface area contributed by atoms with Gasteiger partial charge < -0.3 is 29.2 Å². The molecular weight excluding hydrogens is 554 g/mol. The Morgan fingerprint density at radius 2 is 1.81 bits per heavy atom. The number of Topliss-reactive ketones (excluding diaryl/α,β-unsaturated/α-hetero) is 1. The molecule has 0 spiro atoms. The molecule has 10 heteroatoms. The van der Waals surface area contributed by atoms with E-state index in [0.29, 0.717) is 17.1 Å². The molecule has 6 aliphatic rings. The standard InChI is InChI=1S/C33H39NO9/c1-31(16-41-29(38)17-6-7-17)23-12-25(36)33(3)28(32(23,2)24(35)13-26(31)42-30(39)18-8-9-18)27(37)20-15-40-21(11-22(20)43-33)19-5-4-10-34-14-19/h4-5,10-11,14,17-18,23,25-28,36-37H,6-9,12-13,15-16H2,1-3H3/t23-,25-,26-,27+,28+,31+,32+,33+/m0/s1. The van der Waals surface area contributed by atoms with Gasteiger partial charge in [0, 0.05) is 52.8 Å². The van der Waals surface area contributed by atoms with Gasteiger partial charge >= 0.3 is 11.9 Å². The first-order chi connectivity index (χ1) is 20.5. The first kappa shape index (κ1) is 28.5. The van der Waals surface area contributed by atoms with Gasteiger partial charge in [-0.3, -0.25) is 19.4 Å². The number of hydrogen-bond donors (Lipinski definition) is 2. The number of allylic oxidation sites excluding steroid dienone is 1. The summed E-state index contributed by atoms with van der Waals surface area (Å²) in [6.07, 6.45) is 5.13. The van der Waals surface area contributed by atoms with Crippen molar-refractivity contribution in [2.24, 2.45) is 34.5 Å². The first-order valence-electron chi connectivity index (χ1n) is 15.4. The number of hydrogen-bond acceptors (Lipinski definition) is 10. The van der Waals surface area contributed by atoms with Crippen LogP contribution in [0.15, 0.2) is 41.9 Å². The van der Waals surface area contributed by atoms with Crippen molar-refractivity contribution in [1.29, 1.82) is 0 Å². The van der Waals surface area contributed by atoms with E-state index < -0.39 is 46.6 Å². The minimum absolute atomic E-state index is 0.0483. The van der Waals surface area contributed by atoms with E-state index in [0.717, 1.165) is 31.2 Å². The Kier molecular flexibility index (Phi) is 6.56. The lowest BCUT2D eigenvalue weighted by Crippen LogP contribution is -2.73. The summed E-state index contributed by atoms with van der Waals surface area (Å²) in [6.45, 7) is 5.46. The van der Waals surface area contributed by atoms with Crippen LogP contribution in [0, 0.1) is 34.5 Å². The average Bonchev–Trinajstić information content (AvgIpc) is 3.90. The third-order valence-corrected chi connectivity index (χ3v) is 11.1. The maximum absolute atomic E-state index is 14.3. The van der Waals surface area contributed by atoms with Gasteiger partial charge in [-0.25, -0.2) is 0 Å².